The fourth-order valence-electron chi connectivity index (χ4n) is 4.21. The second-order valence-electron chi connectivity index (χ2n) is 6.43. The predicted molar refractivity (Wildman–Crippen MR) is 77.9 cm³/mol. The maximum Gasteiger partial charge on any atom is 0.111 e. The molecule has 0 amide bonds. The summed E-state index contributed by atoms with van der Waals surface area (Å²) in [5, 5.41) is 0. The Balaban J connectivity index is 1.80. The number of nitrogens with two attached hydrogens (primary N) is 1. The van der Waals surface area contributed by atoms with Crippen LogP contribution >= 0.6 is 0 Å². The highest BCUT2D eigenvalue weighted by Crippen LogP contribution is 2.41. The third-order valence-electron chi connectivity index (χ3n) is 5.30. The monoisotopic (exact) mass is 264 g/mol. The summed E-state index contributed by atoms with van der Waals surface area (Å²) in [4.78, 5) is 2.70. The van der Waals surface area contributed by atoms with Crippen molar-refractivity contribution >= 4 is 0 Å². The fraction of sp³-hybridized carbons (Fsp3) is 0.875. The highest BCUT2D eigenvalue weighted by molar-refractivity contribution is 5.17. The van der Waals surface area contributed by atoms with Crippen LogP contribution in [0.4, 0.5) is 0 Å². The normalized spacial score (nSPS) is 29.6. The van der Waals surface area contributed by atoms with Gasteiger partial charge in [0.1, 0.15) is 5.76 Å². The molecule has 0 spiro atoms. The van der Waals surface area contributed by atoms with Gasteiger partial charge in [0, 0.05) is 5.54 Å². The number of piperidine rings is 1. The van der Waals surface area contributed by atoms with Crippen LogP contribution in [0.2, 0.25) is 0 Å². The molecule has 1 aliphatic carbocycles. The number of hydrogen-bond acceptors (Lipinski definition) is 3. The van der Waals surface area contributed by atoms with Crippen LogP contribution in [0.5, 0.6) is 0 Å². The summed E-state index contributed by atoms with van der Waals surface area (Å²) >= 11 is 0. The third-order valence-corrected chi connectivity index (χ3v) is 5.30. The molecule has 3 aliphatic rings. The van der Waals surface area contributed by atoms with E-state index in [1.807, 2.05) is 0 Å². The molecule has 1 saturated carbocycles. The van der Waals surface area contributed by atoms with Crippen LogP contribution in [-0.4, -0.2) is 36.2 Å². The van der Waals surface area contributed by atoms with Gasteiger partial charge in [-0.1, -0.05) is 19.3 Å². The highest BCUT2D eigenvalue weighted by Gasteiger charge is 2.46. The lowest BCUT2D eigenvalue weighted by molar-refractivity contribution is 0.0348. The van der Waals surface area contributed by atoms with E-state index < -0.39 is 0 Å². The van der Waals surface area contributed by atoms with Gasteiger partial charge in [0.25, 0.3) is 0 Å². The molecule has 1 saturated heterocycles. The maximum absolute atomic E-state index is 6.68. The van der Waals surface area contributed by atoms with Gasteiger partial charge >= 0.3 is 0 Å². The Hall–Kier alpha value is -0.540. The van der Waals surface area contributed by atoms with Crippen LogP contribution in [0.1, 0.15) is 57.8 Å². The van der Waals surface area contributed by atoms with Gasteiger partial charge in [0.2, 0.25) is 0 Å². The summed E-state index contributed by atoms with van der Waals surface area (Å²) < 4.78 is 5.88. The minimum Gasteiger partial charge on any atom is -0.497 e. The minimum absolute atomic E-state index is 0.0911. The first-order chi connectivity index (χ1) is 9.33. The summed E-state index contributed by atoms with van der Waals surface area (Å²) in [6.07, 6.45) is 13.8. The van der Waals surface area contributed by atoms with Gasteiger partial charge in [-0.15, -0.1) is 0 Å². The number of ether oxygens (including phenoxy) is 1. The summed E-state index contributed by atoms with van der Waals surface area (Å²) in [6.45, 7) is 3.33. The molecule has 1 atom stereocenters. The van der Waals surface area contributed by atoms with E-state index in [2.05, 4.69) is 11.0 Å². The van der Waals surface area contributed by atoms with Crippen molar-refractivity contribution in [2.75, 3.05) is 19.7 Å². The Bertz CT molecular complexity index is 328. The molecule has 3 rings (SSSR count). The summed E-state index contributed by atoms with van der Waals surface area (Å²) in [6, 6.07) is 0.0911. The zero-order chi connectivity index (χ0) is 13.1. The average Bonchev–Trinajstić information content (AvgIpc) is 2.99. The van der Waals surface area contributed by atoms with Crippen molar-refractivity contribution in [3.05, 3.63) is 11.8 Å². The second-order valence-corrected chi connectivity index (χ2v) is 6.43. The lowest BCUT2D eigenvalue weighted by Crippen LogP contribution is -2.60. The Morgan fingerprint density at radius 2 is 1.79 bits per heavy atom. The van der Waals surface area contributed by atoms with Crippen molar-refractivity contribution in [3.8, 4) is 0 Å². The van der Waals surface area contributed by atoms with E-state index >= 15 is 0 Å². The lowest BCUT2D eigenvalue weighted by atomic mass is 9.83. The average molecular weight is 264 g/mol. The zero-order valence-electron chi connectivity index (χ0n) is 12.1. The predicted octanol–water partition coefficient (Wildman–Crippen LogP) is 2.81. The smallest absolute Gasteiger partial charge is 0.111 e. The Morgan fingerprint density at radius 1 is 1.05 bits per heavy atom. The molecule has 0 aromatic heterocycles. The molecular formula is C16H28N2O. The molecule has 1 unspecified atom stereocenters. The first kappa shape index (κ1) is 13.4. The molecule has 0 bridgehead atoms. The Labute approximate surface area is 117 Å². The molecular weight excluding hydrogens is 236 g/mol. The van der Waals surface area contributed by atoms with Crippen LogP contribution in [-0.2, 0) is 4.74 Å². The largest absolute Gasteiger partial charge is 0.497 e. The summed E-state index contributed by atoms with van der Waals surface area (Å²) in [7, 11) is 0. The number of likely N-dealkylation sites (tertiary alicyclic amines) is 1. The lowest BCUT2D eigenvalue weighted by Gasteiger charge is -2.47. The van der Waals surface area contributed by atoms with E-state index in [0.29, 0.717) is 0 Å². The number of allylic oxidation sites excluding steroid dienone is 1. The van der Waals surface area contributed by atoms with E-state index in [4.69, 9.17) is 10.5 Å². The van der Waals surface area contributed by atoms with Crippen molar-refractivity contribution in [1.82, 2.24) is 4.90 Å². The zero-order valence-corrected chi connectivity index (χ0v) is 12.1. The molecule has 108 valence electrons. The van der Waals surface area contributed by atoms with E-state index in [0.717, 1.165) is 25.2 Å². The molecule has 2 heterocycles. The molecule has 0 aromatic rings. The molecule has 0 radical (unpaired) electrons. The van der Waals surface area contributed by atoms with Gasteiger partial charge in [-0.25, -0.2) is 0 Å². The number of rotatable bonds is 3. The SMILES string of the molecule is NC(C1=CCCCO1)C1(N2CCCCC2)CCCC1. The van der Waals surface area contributed by atoms with Gasteiger partial charge < -0.3 is 10.5 Å². The van der Waals surface area contributed by atoms with E-state index in [1.54, 1.807) is 0 Å². The van der Waals surface area contributed by atoms with Crippen LogP contribution in [0.15, 0.2) is 11.8 Å². The van der Waals surface area contributed by atoms with E-state index in [-0.39, 0.29) is 11.6 Å². The minimum atomic E-state index is 0.0911. The third kappa shape index (κ3) is 2.55. The highest BCUT2D eigenvalue weighted by atomic mass is 16.5. The quantitative estimate of drug-likeness (QED) is 0.852. The van der Waals surface area contributed by atoms with Gasteiger partial charge in [0.15, 0.2) is 0 Å². The number of hydrogen-bond donors (Lipinski definition) is 1. The molecule has 2 fully saturated rings. The van der Waals surface area contributed by atoms with Gasteiger partial charge in [0.05, 0.1) is 12.6 Å². The summed E-state index contributed by atoms with van der Waals surface area (Å²) in [5.41, 5.74) is 6.88. The first-order valence-electron chi connectivity index (χ1n) is 8.16. The number of nitrogens with zero attached hydrogens (tertiary/aromatic N) is 1. The van der Waals surface area contributed by atoms with Crippen molar-refractivity contribution < 1.29 is 4.74 Å². The van der Waals surface area contributed by atoms with Gasteiger partial charge in [-0.2, -0.15) is 0 Å². The van der Waals surface area contributed by atoms with Crippen LogP contribution in [0, 0.1) is 0 Å². The second kappa shape index (κ2) is 5.84. The van der Waals surface area contributed by atoms with Gasteiger partial charge in [-0.05, 0) is 57.7 Å². The van der Waals surface area contributed by atoms with Crippen molar-refractivity contribution in [3.63, 3.8) is 0 Å². The van der Waals surface area contributed by atoms with E-state index in [9.17, 15) is 0 Å². The van der Waals surface area contributed by atoms with Crippen LogP contribution < -0.4 is 5.73 Å². The molecule has 2 N–H and O–H groups in total. The standard InChI is InChI=1S/C16H28N2O/c17-15(14-8-2-7-13-19-14)16(9-3-4-10-16)18-11-5-1-6-12-18/h8,15H,1-7,9-13,17H2. The molecule has 0 aromatic carbocycles. The fourth-order valence-corrected chi connectivity index (χ4v) is 4.21. The first-order valence-corrected chi connectivity index (χ1v) is 8.16. The Kier molecular flexibility index (Phi) is 4.13. The summed E-state index contributed by atoms with van der Waals surface area (Å²) in [5.74, 6) is 1.08. The molecule has 19 heavy (non-hydrogen) atoms. The molecule has 3 nitrogen and oxygen atoms in total. The molecule has 3 heteroatoms. The van der Waals surface area contributed by atoms with Crippen LogP contribution in [0.3, 0.4) is 0 Å². The Morgan fingerprint density at radius 3 is 2.42 bits per heavy atom. The van der Waals surface area contributed by atoms with Gasteiger partial charge in [-0.3, -0.25) is 4.90 Å². The van der Waals surface area contributed by atoms with Crippen molar-refractivity contribution in [2.45, 2.75) is 69.4 Å². The van der Waals surface area contributed by atoms with E-state index in [1.165, 1.54) is 58.0 Å². The van der Waals surface area contributed by atoms with Crippen molar-refractivity contribution in [1.29, 1.82) is 0 Å². The van der Waals surface area contributed by atoms with Crippen LogP contribution in [0.25, 0.3) is 0 Å². The maximum atomic E-state index is 6.68. The topological polar surface area (TPSA) is 38.5 Å². The van der Waals surface area contributed by atoms with Crippen molar-refractivity contribution in [2.24, 2.45) is 5.73 Å². The molecule has 2 aliphatic heterocycles.